The van der Waals surface area contributed by atoms with Crippen LogP contribution in [0.5, 0.6) is 0 Å². The first kappa shape index (κ1) is 16.7. The fraction of sp³-hybridized carbons (Fsp3) is 0.143. The van der Waals surface area contributed by atoms with Crippen LogP contribution in [0.3, 0.4) is 0 Å². The average Bonchev–Trinajstić information content (AvgIpc) is 3.03. The Balaban J connectivity index is 1.87. The average molecular weight is 360 g/mol. The molecule has 26 heavy (non-hydrogen) atoms. The summed E-state index contributed by atoms with van der Waals surface area (Å²) in [6.45, 7) is 4.21. The first-order valence-corrected chi connectivity index (χ1v) is 9.70. The number of aromatic nitrogens is 3. The first-order valence-electron chi connectivity index (χ1n) is 8.47. The van der Waals surface area contributed by atoms with Gasteiger partial charge in [0.15, 0.2) is 0 Å². The van der Waals surface area contributed by atoms with Crippen molar-refractivity contribution in [3.63, 3.8) is 0 Å². The van der Waals surface area contributed by atoms with Crippen LogP contribution in [0.25, 0.3) is 17.0 Å². The summed E-state index contributed by atoms with van der Waals surface area (Å²) < 4.78 is 2.00. The number of fused-ring (bicyclic) bond motifs is 1. The van der Waals surface area contributed by atoms with Crippen molar-refractivity contribution in [3.05, 3.63) is 72.1 Å². The summed E-state index contributed by atoms with van der Waals surface area (Å²) in [5.41, 5.74) is 5.46. The summed E-state index contributed by atoms with van der Waals surface area (Å²) in [6.07, 6.45) is 5.84. The third-order valence-electron chi connectivity index (χ3n) is 4.41. The van der Waals surface area contributed by atoms with Crippen LogP contribution in [-0.2, 0) is 0 Å². The number of nitrogens with one attached hydrogen (secondary N) is 1. The highest BCUT2D eigenvalue weighted by Crippen LogP contribution is 2.32. The van der Waals surface area contributed by atoms with Crippen molar-refractivity contribution >= 4 is 29.0 Å². The molecule has 0 spiro atoms. The lowest BCUT2D eigenvalue weighted by atomic mass is 10.1. The van der Waals surface area contributed by atoms with Crippen LogP contribution in [0.4, 0.5) is 11.5 Å². The molecule has 0 unspecified atom stereocenters. The van der Waals surface area contributed by atoms with Gasteiger partial charge in [-0.25, -0.2) is 9.97 Å². The molecule has 130 valence electrons. The lowest BCUT2D eigenvalue weighted by Gasteiger charge is -2.12. The largest absolute Gasteiger partial charge is 0.339 e. The molecule has 0 aliphatic rings. The van der Waals surface area contributed by atoms with Gasteiger partial charge < -0.3 is 5.32 Å². The Bertz CT molecular complexity index is 1070. The molecule has 0 amide bonds. The van der Waals surface area contributed by atoms with Crippen molar-refractivity contribution in [2.24, 2.45) is 0 Å². The smallest absolute Gasteiger partial charge is 0.235 e. The molecule has 1 N–H and O–H groups in total. The van der Waals surface area contributed by atoms with Crippen LogP contribution < -0.4 is 5.32 Å². The van der Waals surface area contributed by atoms with Crippen LogP contribution in [0.1, 0.15) is 11.1 Å². The van der Waals surface area contributed by atoms with Crippen molar-refractivity contribution in [1.29, 1.82) is 0 Å². The zero-order valence-corrected chi connectivity index (χ0v) is 15.8. The summed E-state index contributed by atoms with van der Waals surface area (Å²) >= 11 is 1.73. The molecule has 2 heterocycles. The van der Waals surface area contributed by atoms with E-state index in [9.17, 15) is 0 Å². The molecule has 0 radical (unpaired) electrons. The minimum absolute atomic E-state index is 0.684. The van der Waals surface area contributed by atoms with Gasteiger partial charge in [0.2, 0.25) is 5.78 Å². The third kappa shape index (κ3) is 3.06. The molecule has 5 heteroatoms. The van der Waals surface area contributed by atoms with E-state index in [0.717, 1.165) is 22.8 Å². The van der Waals surface area contributed by atoms with Crippen molar-refractivity contribution in [2.75, 3.05) is 11.6 Å². The van der Waals surface area contributed by atoms with E-state index in [0.29, 0.717) is 5.78 Å². The maximum atomic E-state index is 4.77. The van der Waals surface area contributed by atoms with E-state index in [2.05, 4.69) is 72.9 Å². The Morgan fingerprint density at radius 3 is 2.62 bits per heavy atom. The normalized spacial score (nSPS) is 11.0. The number of anilines is 2. The number of hydrogen-bond acceptors (Lipinski definition) is 4. The molecule has 4 aromatic rings. The van der Waals surface area contributed by atoms with E-state index in [1.807, 2.05) is 16.7 Å². The summed E-state index contributed by atoms with van der Waals surface area (Å²) in [6, 6.07) is 16.8. The highest BCUT2D eigenvalue weighted by molar-refractivity contribution is 7.98. The molecule has 2 aromatic carbocycles. The summed E-state index contributed by atoms with van der Waals surface area (Å²) in [5, 5.41) is 3.59. The van der Waals surface area contributed by atoms with Crippen molar-refractivity contribution in [1.82, 2.24) is 14.4 Å². The second-order valence-corrected chi connectivity index (χ2v) is 7.15. The lowest BCUT2D eigenvalue weighted by molar-refractivity contribution is 1.11. The van der Waals surface area contributed by atoms with Gasteiger partial charge in [0.25, 0.3) is 0 Å². The summed E-state index contributed by atoms with van der Waals surface area (Å²) in [7, 11) is 0. The molecule has 0 aliphatic heterocycles. The number of nitrogens with zero attached hydrogens (tertiary/aromatic N) is 3. The van der Waals surface area contributed by atoms with E-state index in [4.69, 9.17) is 4.98 Å². The highest BCUT2D eigenvalue weighted by atomic mass is 32.2. The Morgan fingerprint density at radius 1 is 1.04 bits per heavy atom. The summed E-state index contributed by atoms with van der Waals surface area (Å²) in [5.74, 6) is 1.61. The molecular formula is C21H20N4S. The van der Waals surface area contributed by atoms with Crippen LogP contribution in [0.2, 0.25) is 0 Å². The van der Waals surface area contributed by atoms with Gasteiger partial charge in [-0.1, -0.05) is 24.3 Å². The Kier molecular flexibility index (Phi) is 4.39. The fourth-order valence-electron chi connectivity index (χ4n) is 2.96. The molecule has 0 saturated carbocycles. The SMILES string of the molecule is CSc1ccc(-c2nc3ncccn3c2Nc2cc(C)ccc2C)cc1. The van der Waals surface area contributed by atoms with Gasteiger partial charge in [0, 0.05) is 28.5 Å². The molecule has 0 bridgehead atoms. The van der Waals surface area contributed by atoms with Gasteiger partial charge >= 0.3 is 0 Å². The third-order valence-corrected chi connectivity index (χ3v) is 5.16. The van der Waals surface area contributed by atoms with Crippen molar-refractivity contribution < 1.29 is 0 Å². The molecule has 4 rings (SSSR count). The fourth-order valence-corrected chi connectivity index (χ4v) is 3.36. The topological polar surface area (TPSA) is 42.2 Å². The number of benzene rings is 2. The summed E-state index contributed by atoms with van der Waals surface area (Å²) in [4.78, 5) is 10.4. The predicted octanol–water partition coefficient (Wildman–Crippen LogP) is 5.48. The molecule has 0 fully saturated rings. The number of hydrogen-bond donors (Lipinski definition) is 1. The number of aryl methyl sites for hydroxylation is 2. The van der Waals surface area contributed by atoms with Crippen LogP contribution >= 0.6 is 11.8 Å². The predicted molar refractivity (Wildman–Crippen MR) is 109 cm³/mol. The van der Waals surface area contributed by atoms with Gasteiger partial charge in [-0.05, 0) is 55.5 Å². The van der Waals surface area contributed by atoms with E-state index < -0.39 is 0 Å². The van der Waals surface area contributed by atoms with Crippen LogP contribution in [0, 0.1) is 13.8 Å². The van der Waals surface area contributed by atoms with E-state index >= 15 is 0 Å². The second-order valence-electron chi connectivity index (χ2n) is 6.27. The Labute approximate surface area is 157 Å². The van der Waals surface area contributed by atoms with Gasteiger partial charge in [0.05, 0.1) is 0 Å². The number of rotatable bonds is 4. The first-order chi connectivity index (χ1) is 12.7. The highest BCUT2D eigenvalue weighted by Gasteiger charge is 2.15. The zero-order chi connectivity index (χ0) is 18.1. The molecule has 4 nitrogen and oxygen atoms in total. The number of imidazole rings is 1. The van der Waals surface area contributed by atoms with Crippen LogP contribution in [-0.4, -0.2) is 20.6 Å². The molecule has 2 aromatic heterocycles. The Morgan fingerprint density at radius 2 is 1.85 bits per heavy atom. The van der Waals surface area contributed by atoms with Gasteiger partial charge in [-0.2, -0.15) is 0 Å². The number of thioether (sulfide) groups is 1. The standard InChI is InChI=1S/C21H20N4S/c1-14-5-6-15(2)18(13-14)23-20-19(16-7-9-17(26-3)10-8-16)24-21-22-11-4-12-25(20)21/h4-13,23H,1-3H3. The molecule has 0 atom stereocenters. The van der Waals surface area contributed by atoms with E-state index in [-0.39, 0.29) is 0 Å². The maximum Gasteiger partial charge on any atom is 0.235 e. The van der Waals surface area contributed by atoms with Gasteiger partial charge in [0.1, 0.15) is 11.5 Å². The van der Waals surface area contributed by atoms with Crippen molar-refractivity contribution in [3.8, 4) is 11.3 Å². The van der Waals surface area contributed by atoms with E-state index in [1.165, 1.54) is 16.0 Å². The molecular weight excluding hydrogens is 340 g/mol. The second kappa shape index (κ2) is 6.84. The van der Waals surface area contributed by atoms with Crippen molar-refractivity contribution in [2.45, 2.75) is 18.7 Å². The quantitative estimate of drug-likeness (QED) is 0.489. The molecule has 0 aliphatic carbocycles. The van der Waals surface area contributed by atoms with Gasteiger partial charge in [-0.3, -0.25) is 4.40 Å². The minimum atomic E-state index is 0.684. The Hall–Kier alpha value is -2.79. The van der Waals surface area contributed by atoms with Crippen LogP contribution in [0.15, 0.2) is 65.8 Å². The van der Waals surface area contributed by atoms with Gasteiger partial charge in [-0.15, -0.1) is 11.8 Å². The monoisotopic (exact) mass is 360 g/mol. The lowest BCUT2D eigenvalue weighted by Crippen LogP contribution is -1.99. The van der Waals surface area contributed by atoms with E-state index in [1.54, 1.807) is 18.0 Å². The molecule has 0 saturated heterocycles. The zero-order valence-electron chi connectivity index (χ0n) is 15.0. The minimum Gasteiger partial charge on any atom is -0.339 e. The maximum absolute atomic E-state index is 4.77.